The third-order valence-electron chi connectivity index (χ3n) is 1.35. The molecule has 0 saturated carbocycles. The lowest BCUT2D eigenvalue weighted by Crippen LogP contribution is -2.53. The van der Waals surface area contributed by atoms with E-state index in [0.717, 1.165) is 0 Å². The summed E-state index contributed by atoms with van der Waals surface area (Å²) < 4.78 is 4.86. The lowest BCUT2D eigenvalue weighted by atomic mass is 10.1. The fraction of sp³-hybridized carbons (Fsp3) is 0.750. The number of rotatable bonds is 3. The molecule has 0 fully saturated rings. The largest absolute Gasteiger partial charge is 0.480 e. The first-order valence-corrected chi connectivity index (χ1v) is 4.12. The van der Waals surface area contributed by atoms with Crippen LogP contribution in [0.2, 0.25) is 0 Å². The molecule has 0 aromatic carbocycles. The van der Waals surface area contributed by atoms with Gasteiger partial charge in [0.15, 0.2) is 0 Å². The van der Waals surface area contributed by atoms with E-state index in [1.165, 1.54) is 0 Å². The molecule has 0 spiro atoms. The van der Waals surface area contributed by atoms with E-state index in [0.29, 0.717) is 0 Å². The van der Waals surface area contributed by atoms with E-state index in [9.17, 15) is 9.59 Å². The first-order valence-electron chi connectivity index (χ1n) is 4.12. The van der Waals surface area contributed by atoms with Crippen molar-refractivity contribution in [3.8, 4) is 0 Å². The van der Waals surface area contributed by atoms with Gasteiger partial charge < -0.3 is 21.3 Å². The van der Waals surface area contributed by atoms with Crippen LogP contribution in [0, 0.1) is 0 Å². The molecule has 0 aliphatic rings. The molecule has 0 radical (unpaired) electrons. The maximum absolute atomic E-state index is 11.2. The van der Waals surface area contributed by atoms with Crippen molar-refractivity contribution in [1.82, 2.24) is 0 Å². The van der Waals surface area contributed by atoms with Gasteiger partial charge in [0.2, 0.25) is 0 Å². The zero-order chi connectivity index (χ0) is 11.5. The minimum absolute atomic E-state index is 0.701. The zero-order valence-electron chi connectivity index (χ0n) is 8.48. The van der Waals surface area contributed by atoms with Gasteiger partial charge in [0.25, 0.3) is 0 Å². The molecule has 1 unspecified atom stereocenters. The molecule has 0 aromatic rings. The van der Waals surface area contributed by atoms with Gasteiger partial charge in [-0.25, -0.2) is 0 Å². The van der Waals surface area contributed by atoms with Gasteiger partial charge >= 0.3 is 11.9 Å². The average molecular weight is 204 g/mol. The molecule has 0 aliphatic carbocycles. The maximum atomic E-state index is 11.2. The van der Waals surface area contributed by atoms with Crippen molar-refractivity contribution in [1.29, 1.82) is 0 Å². The molecule has 0 aliphatic heterocycles. The van der Waals surface area contributed by atoms with E-state index >= 15 is 0 Å². The second-order valence-corrected chi connectivity index (χ2v) is 3.92. The van der Waals surface area contributed by atoms with Crippen molar-refractivity contribution in [3.05, 3.63) is 0 Å². The number of nitrogens with two attached hydrogens (primary N) is 2. The summed E-state index contributed by atoms with van der Waals surface area (Å²) in [5.41, 5.74) is 9.74. The SMILES string of the molecule is CC(C)(C)OC(=O)C(N)[C@H](N)C(=O)O. The number of carbonyl (C=O) groups is 2. The van der Waals surface area contributed by atoms with Gasteiger partial charge in [-0.3, -0.25) is 9.59 Å². The fourth-order valence-electron chi connectivity index (χ4n) is 0.670. The van der Waals surface area contributed by atoms with Crippen molar-refractivity contribution >= 4 is 11.9 Å². The average Bonchev–Trinajstić information content (AvgIpc) is 1.98. The molecule has 0 rings (SSSR count). The van der Waals surface area contributed by atoms with Crippen molar-refractivity contribution in [3.63, 3.8) is 0 Å². The minimum atomic E-state index is -1.44. The molecule has 0 saturated heterocycles. The molecule has 0 bridgehead atoms. The molecule has 6 heteroatoms. The highest BCUT2D eigenvalue weighted by Gasteiger charge is 2.30. The lowest BCUT2D eigenvalue weighted by Gasteiger charge is -2.23. The summed E-state index contributed by atoms with van der Waals surface area (Å²) >= 11 is 0. The van der Waals surface area contributed by atoms with Crippen molar-refractivity contribution < 1.29 is 19.4 Å². The maximum Gasteiger partial charge on any atom is 0.325 e. The number of aliphatic carboxylic acids is 1. The Balaban J connectivity index is 4.33. The number of ether oxygens (including phenoxy) is 1. The first-order chi connectivity index (χ1) is 6.15. The van der Waals surface area contributed by atoms with E-state index in [1.807, 2.05) is 0 Å². The summed E-state index contributed by atoms with van der Waals surface area (Å²) in [5, 5.41) is 8.49. The quantitative estimate of drug-likeness (QED) is 0.511. The Bertz CT molecular complexity index is 234. The molecule has 0 heterocycles. The first kappa shape index (κ1) is 12.9. The summed E-state index contributed by atoms with van der Waals surface area (Å²) in [7, 11) is 0. The van der Waals surface area contributed by atoms with Gasteiger partial charge in [-0.1, -0.05) is 0 Å². The Morgan fingerprint density at radius 3 is 1.93 bits per heavy atom. The van der Waals surface area contributed by atoms with Crippen LogP contribution in [0.5, 0.6) is 0 Å². The van der Waals surface area contributed by atoms with Crippen LogP contribution in [0.1, 0.15) is 20.8 Å². The van der Waals surface area contributed by atoms with Gasteiger partial charge in [0, 0.05) is 0 Å². The van der Waals surface area contributed by atoms with E-state index in [4.69, 9.17) is 21.3 Å². The Labute approximate surface area is 82.2 Å². The molecule has 6 nitrogen and oxygen atoms in total. The number of carbonyl (C=O) groups excluding carboxylic acids is 1. The summed E-state index contributed by atoms with van der Waals surface area (Å²) in [5.74, 6) is -2.14. The van der Waals surface area contributed by atoms with Crippen molar-refractivity contribution in [2.45, 2.75) is 38.5 Å². The minimum Gasteiger partial charge on any atom is -0.480 e. The highest BCUT2D eigenvalue weighted by Crippen LogP contribution is 2.08. The Morgan fingerprint density at radius 2 is 1.64 bits per heavy atom. The predicted molar refractivity (Wildman–Crippen MR) is 49.4 cm³/mol. The summed E-state index contributed by atoms with van der Waals surface area (Å²) in [6.07, 6.45) is 0. The summed E-state index contributed by atoms with van der Waals surface area (Å²) in [6, 6.07) is -2.78. The molecule has 14 heavy (non-hydrogen) atoms. The third-order valence-corrected chi connectivity index (χ3v) is 1.35. The Kier molecular flexibility index (Phi) is 4.03. The van der Waals surface area contributed by atoms with Gasteiger partial charge in [-0.2, -0.15) is 0 Å². The summed E-state index contributed by atoms with van der Waals surface area (Å²) in [4.78, 5) is 21.6. The molecule has 5 N–H and O–H groups in total. The number of carboxylic acids is 1. The highest BCUT2D eigenvalue weighted by molar-refractivity contribution is 5.86. The van der Waals surface area contributed by atoms with Crippen LogP contribution in [0.3, 0.4) is 0 Å². The van der Waals surface area contributed by atoms with Crippen LogP contribution < -0.4 is 11.5 Å². The highest BCUT2D eigenvalue weighted by atomic mass is 16.6. The molecule has 0 aromatic heterocycles. The van der Waals surface area contributed by atoms with Gasteiger partial charge in [0.05, 0.1) is 0 Å². The van der Waals surface area contributed by atoms with Gasteiger partial charge in [-0.15, -0.1) is 0 Å². The van der Waals surface area contributed by atoms with E-state index in [2.05, 4.69) is 0 Å². The second-order valence-electron chi connectivity index (χ2n) is 3.92. The Hall–Kier alpha value is -1.14. The fourth-order valence-corrected chi connectivity index (χ4v) is 0.670. The van der Waals surface area contributed by atoms with Crippen LogP contribution in [-0.2, 0) is 14.3 Å². The molecular formula is C8H16N2O4. The Morgan fingerprint density at radius 1 is 1.21 bits per heavy atom. The number of carboxylic acid groups (broad SMARTS) is 1. The van der Waals surface area contributed by atoms with Gasteiger partial charge in [-0.05, 0) is 20.8 Å². The van der Waals surface area contributed by atoms with E-state index in [-0.39, 0.29) is 0 Å². The van der Waals surface area contributed by atoms with Crippen LogP contribution in [0.15, 0.2) is 0 Å². The lowest BCUT2D eigenvalue weighted by molar-refractivity contribution is -0.159. The topological polar surface area (TPSA) is 116 Å². The monoisotopic (exact) mass is 204 g/mol. The van der Waals surface area contributed by atoms with Crippen molar-refractivity contribution in [2.24, 2.45) is 11.5 Å². The van der Waals surface area contributed by atoms with Gasteiger partial charge in [0.1, 0.15) is 17.7 Å². The summed E-state index contributed by atoms with van der Waals surface area (Å²) in [6.45, 7) is 4.97. The van der Waals surface area contributed by atoms with Crippen LogP contribution in [0.25, 0.3) is 0 Å². The van der Waals surface area contributed by atoms with E-state index < -0.39 is 29.6 Å². The predicted octanol–water partition coefficient (Wildman–Crippen LogP) is -0.933. The molecular weight excluding hydrogens is 188 g/mol. The van der Waals surface area contributed by atoms with Crippen LogP contribution in [0.4, 0.5) is 0 Å². The normalized spacial score (nSPS) is 15.8. The van der Waals surface area contributed by atoms with Crippen molar-refractivity contribution in [2.75, 3.05) is 0 Å². The second kappa shape index (κ2) is 4.39. The smallest absolute Gasteiger partial charge is 0.325 e. The molecule has 82 valence electrons. The number of esters is 1. The van der Waals surface area contributed by atoms with Crippen LogP contribution >= 0.6 is 0 Å². The standard InChI is InChI=1S/C8H16N2O4/c1-8(2,3)14-7(13)5(10)4(9)6(11)12/h4-5H,9-10H2,1-3H3,(H,11,12)/t4-,5?/m0/s1. The number of hydrogen-bond donors (Lipinski definition) is 3. The molecule has 2 atom stereocenters. The van der Waals surface area contributed by atoms with E-state index in [1.54, 1.807) is 20.8 Å². The van der Waals surface area contributed by atoms with Crippen LogP contribution in [-0.4, -0.2) is 34.7 Å². The number of hydrogen-bond acceptors (Lipinski definition) is 5. The molecule has 0 amide bonds. The zero-order valence-corrected chi connectivity index (χ0v) is 8.48. The third kappa shape index (κ3) is 4.20.